The van der Waals surface area contributed by atoms with E-state index in [1.54, 1.807) is 24.3 Å². The second kappa shape index (κ2) is 10.0. The molecule has 4 aliphatic carbocycles. The van der Waals surface area contributed by atoms with Crippen molar-refractivity contribution in [1.29, 1.82) is 0 Å². The molecule has 0 radical (unpaired) electrons. The lowest BCUT2D eigenvalue weighted by atomic mass is 9.33. The van der Waals surface area contributed by atoms with Crippen LogP contribution in [-0.4, -0.2) is 42.3 Å². The molecule has 5 nitrogen and oxygen atoms in total. The lowest BCUT2D eigenvalue weighted by Crippen LogP contribution is -2.70. The van der Waals surface area contributed by atoms with Gasteiger partial charge in [-0.25, -0.2) is 4.79 Å². The summed E-state index contributed by atoms with van der Waals surface area (Å²) in [6.45, 7) is 19.7. The fourth-order valence-corrected chi connectivity index (χ4v) is 12.5. The van der Waals surface area contributed by atoms with Crippen molar-refractivity contribution in [3.8, 4) is 0 Å². The molecular formula is C38H53NO4. The molecular weight excluding hydrogens is 534 g/mol. The Labute approximate surface area is 259 Å². The van der Waals surface area contributed by atoms with Crippen LogP contribution in [0.2, 0.25) is 0 Å². The molecule has 0 bridgehead atoms. The summed E-state index contributed by atoms with van der Waals surface area (Å²) in [5.74, 6) is 2.15. The fourth-order valence-electron chi connectivity index (χ4n) is 12.5. The van der Waals surface area contributed by atoms with Crippen LogP contribution in [0.5, 0.6) is 0 Å². The number of benzene rings is 1. The van der Waals surface area contributed by atoms with Crippen LogP contribution in [0, 0.1) is 51.2 Å². The van der Waals surface area contributed by atoms with Crippen molar-refractivity contribution in [3.63, 3.8) is 0 Å². The highest BCUT2D eigenvalue weighted by molar-refractivity contribution is 5.96. The highest BCUT2D eigenvalue weighted by Gasteiger charge is 2.71. The molecule has 1 heterocycles. The van der Waals surface area contributed by atoms with Crippen LogP contribution in [0.3, 0.4) is 0 Å². The number of carbonyl (C=O) groups excluding carboxylic acids is 3. The highest BCUT2D eigenvalue weighted by Crippen LogP contribution is 2.76. The minimum absolute atomic E-state index is 0.0528. The van der Waals surface area contributed by atoms with E-state index < -0.39 is 0 Å². The van der Waals surface area contributed by atoms with E-state index in [2.05, 4.69) is 53.0 Å². The summed E-state index contributed by atoms with van der Waals surface area (Å²) in [5.41, 5.74) is 2.50. The van der Waals surface area contributed by atoms with Gasteiger partial charge in [-0.2, -0.15) is 0 Å². The number of hydrogen-bond donors (Lipinski definition) is 0. The number of esters is 1. The van der Waals surface area contributed by atoms with Crippen molar-refractivity contribution in [1.82, 2.24) is 4.90 Å². The number of nitrogens with zero attached hydrogens (tertiary/aromatic N) is 1. The lowest BCUT2D eigenvalue weighted by Gasteiger charge is -2.73. The standard InChI is InChI=1S/C38H53NO4/c1-24(2)27-15-18-38(23-40)20-19-36(6)28(31(27)38)13-14-30-35(5)21-22-39(34(3,4)29(35)16-17-37(30,36)7)32(41)25-9-11-26(12-10-25)33(42)43-8/h9-12,23,27-31H,1,13-22H2,2-8H3/t27-,28+,29-,30+,31+,35-,36+,37+,38+/m0/s1. The van der Waals surface area contributed by atoms with Gasteiger partial charge in [0.1, 0.15) is 6.29 Å². The number of allylic oxidation sites excluding steroid dienone is 1. The van der Waals surface area contributed by atoms with Crippen molar-refractivity contribution in [2.75, 3.05) is 13.7 Å². The third-order valence-corrected chi connectivity index (χ3v) is 14.9. The van der Waals surface area contributed by atoms with E-state index in [4.69, 9.17) is 4.74 Å². The zero-order valence-corrected chi connectivity index (χ0v) is 27.6. The molecule has 5 aliphatic rings. The van der Waals surface area contributed by atoms with E-state index in [-0.39, 0.29) is 39.1 Å². The number of likely N-dealkylation sites (tertiary alicyclic amines) is 1. The van der Waals surface area contributed by atoms with Gasteiger partial charge in [-0.15, -0.1) is 0 Å². The Kier molecular flexibility index (Phi) is 7.14. The minimum atomic E-state index is -0.389. The zero-order valence-electron chi connectivity index (χ0n) is 27.6. The number of ether oxygens (including phenoxy) is 1. The van der Waals surface area contributed by atoms with Crippen LogP contribution in [0.15, 0.2) is 36.4 Å². The van der Waals surface area contributed by atoms with Gasteiger partial charge in [-0.3, -0.25) is 4.79 Å². The van der Waals surface area contributed by atoms with Gasteiger partial charge in [0.05, 0.1) is 12.7 Å². The van der Waals surface area contributed by atoms with E-state index in [0.717, 1.165) is 45.1 Å². The molecule has 0 aromatic heterocycles. The van der Waals surface area contributed by atoms with E-state index in [9.17, 15) is 14.4 Å². The third kappa shape index (κ3) is 4.04. The summed E-state index contributed by atoms with van der Waals surface area (Å²) in [7, 11) is 1.37. The van der Waals surface area contributed by atoms with Gasteiger partial charge in [-0.05, 0) is 149 Å². The summed E-state index contributed by atoms with van der Waals surface area (Å²) in [6.07, 6.45) is 11.5. The average molecular weight is 588 g/mol. The quantitative estimate of drug-likeness (QED) is 0.203. The van der Waals surface area contributed by atoms with Crippen LogP contribution < -0.4 is 0 Å². The molecule has 0 unspecified atom stereocenters. The largest absolute Gasteiger partial charge is 0.465 e. The first-order valence-electron chi connectivity index (χ1n) is 16.8. The van der Waals surface area contributed by atoms with Crippen LogP contribution in [0.1, 0.15) is 120 Å². The summed E-state index contributed by atoms with van der Waals surface area (Å²) in [4.78, 5) is 40.8. The highest BCUT2D eigenvalue weighted by atomic mass is 16.5. The Morgan fingerprint density at radius 3 is 2.16 bits per heavy atom. The van der Waals surface area contributed by atoms with Crippen molar-refractivity contribution in [3.05, 3.63) is 47.5 Å². The van der Waals surface area contributed by atoms with Crippen molar-refractivity contribution in [2.45, 2.75) is 105 Å². The molecule has 5 fully saturated rings. The van der Waals surface area contributed by atoms with Crippen LogP contribution >= 0.6 is 0 Å². The smallest absolute Gasteiger partial charge is 0.337 e. The van der Waals surface area contributed by atoms with Crippen molar-refractivity contribution < 1.29 is 19.1 Å². The van der Waals surface area contributed by atoms with Gasteiger partial charge in [0.15, 0.2) is 0 Å². The Morgan fingerprint density at radius 1 is 0.860 bits per heavy atom. The molecule has 1 aromatic carbocycles. The molecule has 5 heteroatoms. The minimum Gasteiger partial charge on any atom is -0.465 e. The predicted molar refractivity (Wildman–Crippen MR) is 170 cm³/mol. The normalized spacial score (nSPS) is 43.0. The number of hydrogen-bond acceptors (Lipinski definition) is 4. The molecule has 4 saturated carbocycles. The lowest BCUT2D eigenvalue weighted by molar-refractivity contribution is -0.236. The van der Waals surface area contributed by atoms with Gasteiger partial charge in [0, 0.05) is 23.1 Å². The topological polar surface area (TPSA) is 63.7 Å². The van der Waals surface area contributed by atoms with E-state index in [1.807, 2.05) is 0 Å². The Morgan fingerprint density at radius 2 is 1.53 bits per heavy atom. The first kappa shape index (κ1) is 30.6. The molecule has 1 amide bonds. The summed E-state index contributed by atoms with van der Waals surface area (Å²) < 4.78 is 4.84. The molecule has 43 heavy (non-hydrogen) atoms. The Hall–Kier alpha value is -2.43. The molecule has 0 spiro atoms. The van der Waals surface area contributed by atoms with Crippen molar-refractivity contribution in [2.24, 2.45) is 51.2 Å². The maximum absolute atomic E-state index is 14.0. The number of methoxy groups -OCH3 is 1. The average Bonchev–Trinajstić information content (AvgIpc) is 3.37. The Bertz CT molecular complexity index is 1330. The summed E-state index contributed by atoms with van der Waals surface area (Å²) in [6, 6.07) is 6.92. The summed E-state index contributed by atoms with van der Waals surface area (Å²) in [5, 5.41) is 0. The maximum Gasteiger partial charge on any atom is 0.337 e. The van der Waals surface area contributed by atoms with Gasteiger partial charge < -0.3 is 14.4 Å². The van der Waals surface area contributed by atoms with Gasteiger partial charge in [-0.1, -0.05) is 32.9 Å². The number of carbonyl (C=O) groups is 3. The molecule has 1 aliphatic heterocycles. The predicted octanol–water partition coefficient (Wildman–Crippen LogP) is 8.13. The zero-order chi connectivity index (χ0) is 31.2. The van der Waals surface area contributed by atoms with E-state index in [0.29, 0.717) is 40.7 Å². The van der Waals surface area contributed by atoms with Gasteiger partial charge in [0.2, 0.25) is 0 Å². The first-order valence-corrected chi connectivity index (χ1v) is 16.8. The molecule has 234 valence electrons. The molecule has 6 rings (SSSR count). The third-order valence-electron chi connectivity index (χ3n) is 14.9. The number of fused-ring (bicyclic) bond motifs is 7. The first-order chi connectivity index (χ1) is 20.2. The fraction of sp³-hybridized carbons (Fsp3) is 0.711. The van der Waals surface area contributed by atoms with Crippen molar-refractivity contribution >= 4 is 18.2 Å². The van der Waals surface area contributed by atoms with E-state index in [1.165, 1.54) is 38.2 Å². The second-order valence-corrected chi connectivity index (χ2v) is 16.5. The van der Waals surface area contributed by atoms with Gasteiger partial charge >= 0.3 is 5.97 Å². The van der Waals surface area contributed by atoms with Crippen LogP contribution in [0.4, 0.5) is 0 Å². The molecule has 1 saturated heterocycles. The number of amides is 1. The monoisotopic (exact) mass is 587 g/mol. The summed E-state index contributed by atoms with van der Waals surface area (Å²) >= 11 is 0. The SMILES string of the molecule is C=C(C)[C@@H]1CC[C@]2(C=O)CC[C@]3(C)[C@H](CC[C@@H]4[C@@]5(C)CCN(C(=O)c6ccc(C(=O)OC)cc6)C(C)(C)[C@@H]5CC[C@]43C)[C@@H]12. The molecule has 1 aromatic rings. The molecule has 0 N–H and O–H groups in total. The van der Waals surface area contributed by atoms with E-state index >= 15 is 0 Å². The molecule has 9 atom stereocenters. The van der Waals surface area contributed by atoms with Crippen LogP contribution in [0.25, 0.3) is 0 Å². The number of piperidine rings is 1. The number of aldehydes is 1. The van der Waals surface area contributed by atoms with Gasteiger partial charge in [0.25, 0.3) is 5.91 Å². The maximum atomic E-state index is 14.0. The second-order valence-electron chi connectivity index (χ2n) is 16.5. The number of rotatable bonds is 4. The Balaban J connectivity index is 1.29. The van der Waals surface area contributed by atoms with Crippen LogP contribution in [-0.2, 0) is 9.53 Å².